The third-order valence-electron chi connectivity index (χ3n) is 3.47. The lowest BCUT2D eigenvalue weighted by Crippen LogP contribution is -2.51. The van der Waals surface area contributed by atoms with Gasteiger partial charge in [-0.3, -0.25) is 0 Å². The Kier molecular flexibility index (Phi) is 4.97. The molecule has 1 aromatic heterocycles. The van der Waals surface area contributed by atoms with E-state index in [1.165, 1.54) is 4.31 Å². The molecule has 0 radical (unpaired) electrons. The summed E-state index contributed by atoms with van der Waals surface area (Å²) in [5.41, 5.74) is 0. The first-order chi connectivity index (χ1) is 9.79. The molecule has 1 unspecified atom stereocenters. The Bertz CT molecular complexity index is 563. The van der Waals surface area contributed by atoms with Gasteiger partial charge in [0, 0.05) is 32.1 Å². The Morgan fingerprint density at radius 3 is 2.33 bits per heavy atom. The first kappa shape index (κ1) is 16.3. The summed E-state index contributed by atoms with van der Waals surface area (Å²) in [6.07, 6.45) is 0. The summed E-state index contributed by atoms with van der Waals surface area (Å²) in [7, 11) is -1.56. The summed E-state index contributed by atoms with van der Waals surface area (Å²) in [6.45, 7) is 8.03. The maximum Gasteiger partial charge on any atom is 0.280 e. The number of aromatic nitrogens is 2. The van der Waals surface area contributed by atoms with Gasteiger partial charge in [0.25, 0.3) is 10.2 Å². The molecule has 2 rings (SSSR count). The van der Waals surface area contributed by atoms with Crippen molar-refractivity contribution < 1.29 is 12.9 Å². The number of hydrogen-bond donors (Lipinski definition) is 1. The van der Waals surface area contributed by atoms with Crippen molar-refractivity contribution in [2.75, 3.05) is 33.2 Å². The third kappa shape index (κ3) is 4.00. The summed E-state index contributed by atoms with van der Waals surface area (Å²) in [4.78, 5) is 6.32. The van der Waals surface area contributed by atoms with E-state index < -0.39 is 16.3 Å². The van der Waals surface area contributed by atoms with Crippen LogP contribution in [0, 0.1) is 0 Å². The second-order valence-electron chi connectivity index (χ2n) is 5.69. The molecule has 0 saturated carbocycles. The summed E-state index contributed by atoms with van der Waals surface area (Å²) in [5, 5.41) is 3.85. The summed E-state index contributed by atoms with van der Waals surface area (Å²) >= 11 is 0. The van der Waals surface area contributed by atoms with E-state index in [0.29, 0.717) is 18.9 Å². The van der Waals surface area contributed by atoms with Crippen molar-refractivity contribution in [3.05, 3.63) is 11.7 Å². The molecular formula is C12H23N5O3S. The Morgan fingerprint density at radius 1 is 1.19 bits per heavy atom. The van der Waals surface area contributed by atoms with Crippen molar-refractivity contribution in [2.24, 2.45) is 0 Å². The minimum Gasteiger partial charge on any atom is -0.338 e. The standard InChI is InChI=1S/C12H23N5O3S/c1-9(2)11-13-12(20-14-11)10(3)15-21(18,19)17-7-5-16(4)6-8-17/h9-10,15H,5-8H2,1-4H3. The van der Waals surface area contributed by atoms with E-state index >= 15 is 0 Å². The molecular weight excluding hydrogens is 294 g/mol. The van der Waals surface area contributed by atoms with Gasteiger partial charge in [-0.15, -0.1) is 0 Å². The average molecular weight is 317 g/mol. The molecule has 0 amide bonds. The van der Waals surface area contributed by atoms with Gasteiger partial charge in [0.05, 0.1) is 6.04 Å². The van der Waals surface area contributed by atoms with Crippen LogP contribution >= 0.6 is 0 Å². The lowest BCUT2D eigenvalue weighted by molar-refractivity contribution is 0.219. The van der Waals surface area contributed by atoms with Crippen LogP contribution in [-0.4, -0.2) is 61.0 Å². The normalized spacial score (nSPS) is 20.0. The maximum atomic E-state index is 12.3. The van der Waals surface area contributed by atoms with Gasteiger partial charge in [-0.25, -0.2) is 0 Å². The van der Waals surface area contributed by atoms with Gasteiger partial charge in [0.15, 0.2) is 5.82 Å². The monoisotopic (exact) mass is 317 g/mol. The molecule has 0 bridgehead atoms. The lowest BCUT2D eigenvalue weighted by atomic mass is 10.2. The molecule has 1 atom stereocenters. The summed E-state index contributed by atoms with van der Waals surface area (Å²) < 4.78 is 33.8. The minimum atomic E-state index is -3.54. The van der Waals surface area contributed by atoms with Crippen LogP contribution in [0.5, 0.6) is 0 Å². The van der Waals surface area contributed by atoms with Crippen molar-refractivity contribution in [3.63, 3.8) is 0 Å². The fourth-order valence-corrected chi connectivity index (χ4v) is 3.38. The number of rotatable bonds is 5. The number of hydrogen-bond acceptors (Lipinski definition) is 6. The SMILES string of the molecule is CC(C)c1noc(C(C)NS(=O)(=O)N2CCN(C)CC2)n1. The summed E-state index contributed by atoms with van der Waals surface area (Å²) in [6, 6.07) is -0.547. The zero-order chi connectivity index (χ0) is 15.6. The molecule has 9 heteroatoms. The highest BCUT2D eigenvalue weighted by atomic mass is 32.2. The van der Waals surface area contributed by atoms with Crippen LogP contribution in [0.25, 0.3) is 0 Å². The molecule has 21 heavy (non-hydrogen) atoms. The maximum absolute atomic E-state index is 12.3. The second-order valence-corrected chi connectivity index (χ2v) is 7.39. The van der Waals surface area contributed by atoms with Crippen molar-refractivity contribution >= 4 is 10.2 Å². The van der Waals surface area contributed by atoms with Crippen LogP contribution in [0.1, 0.15) is 44.4 Å². The second kappa shape index (κ2) is 6.39. The Hall–Kier alpha value is -1.03. The van der Waals surface area contributed by atoms with Crippen molar-refractivity contribution in [3.8, 4) is 0 Å². The molecule has 0 aromatic carbocycles. The Balaban J connectivity index is 2.01. The highest BCUT2D eigenvalue weighted by Gasteiger charge is 2.29. The first-order valence-corrected chi connectivity index (χ1v) is 8.53. The Morgan fingerprint density at radius 2 is 1.81 bits per heavy atom. The predicted molar refractivity (Wildman–Crippen MR) is 77.9 cm³/mol. The fourth-order valence-electron chi connectivity index (χ4n) is 2.03. The van der Waals surface area contributed by atoms with Crippen LogP contribution < -0.4 is 4.72 Å². The van der Waals surface area contributed by atoms with Gasteiger partial charge in [-0.2, -0.15) is 22.4 Å². The Labute approximate surface area is 125 Å². The number of nitrogens with zero attached hydrogens (tertiary/aromatic N) is 4. The smallest absolute Gasteiger partial charge is 0.280 e. The molecule has 1 N–H and O–H groups in total. The molecule has 1 fully saturated rings. The molecule has 8 nitrogen and oxygen atoms in total. The minimum absolute atomic E-state index is 0.143. The molecule has 120 valence electrons. The van der Waals surface area contributed by atoms with Gasteiger partial charge in [-0.1, -0.05) is 19.0 Å². The molecule has 1 aliphatic rings. The van der Waals surface area contributed by atoms with Crippen molar-refractivity contribution in [2.45, 2.75) is 32.7 Å². The van der Waals surface area contributed by atoms with Gasteiger partial charge >= 0.3 is 0 Å². The van der Waals surface area contributed by atoms with E-state index in [9.17, 15) is 8.42 Å². The topological polar surface area (TPSA) is 91.6 Å². The van der Waals surface area contributed by atoms with Crippen LogP contribution in [0.2, 0.25) is 0 Å². The third-order valence-corrected chi connectivity index (χ3v) is 5.17. The van der Waals surface area contributed by atoms with E-state index in [1.807, 2.05) is 20.9 Å². The number of likely N-dealkylation sites (N-methyl/N-ethyl adjacent to an activating group) is 1. The molecule has 0 aliphatic carbocycles. The number of nitrogens with one attached hydrogen (secondary N) is 1. The van der Waals surface area contributed by atoms with Crippen LogP contribution in [-0.2, 0) is 10.2 Å². The van der Waals surface area contributed by atoms with Gasteiger partial charge < -0.3 is 9.42 Å². The van der Waals surface area contributed by atoms with E-state index in [2.05, 4.69) is 19.8 Å². The molecule has 1 aliphatic heterocycles. The van der Waals surface area contributed by atoms with Crippen molar-refractivity contribution in [1.29, 1.82) is 0 Å². The largest absolute Gasteiger partial charge is 0.338 e. The zero-order valence-electron chi connectivity index (χ0n) is 12.9. The quantitative estimate of drug-likeness (QED) is 0.842. The van der Waals surface area contributed by atoms with E-state index in [-0.39, 0.29) is 11.8 Å². The fraction of sp³-hybridized carbons (Fsp3) is 0.833. The van der Waals surface area contributed by atoms with E-state index in [4.69, 9.17) is 4.52 Å². The van der Waals surface area contributed by atoms with Crippen molar-refractivity contribution in [1.82, 2.24) is 24.1 Å². The van der Waals surface area contributed by atoms with Crippen LogP contribution in [0.15, 0.2) is 4.52 Å². The van der Waals surface area contributed by atoms with Crippen LogP contribution in [0.4, 0.5) is 0 Å². The predicted octanol–water partition coefficient (Wildman–Crippen LogP) is 0.336. The highest BCUT2D eigenvalue weighted by Crippen LogP contribution is 2.16. The molecule has 1 aromatic rings. The van der Waals surface area contributed by atoms with Crippen LogP contribution in [0.3, 0.4) is 0 Å². The molecule has 1 saturated heterocycles. The molecule has 2 heterocycles. The average Bonchev–Trinajstić information content (AvgIpc) is 2.88. The van der Waals surface area contributed by atoms with Gasteiger partial charge in [-0.05, 0) is 14.0 Å². The lowest BCUT2D eigenvalue weighted by Gasteiger charge is -2.31. The van der Waals surface area contributed by atoms with E-state index in [0.717, 1.165) is 13.1 Å². The van der Waals surface area contributed by atoms with Gasteiger partial charge in [0.1, 0.15) is 0 Å². The summed E-state index contributed by atoms with van der Waals surface area (Å²) in [5.74, 6) is 1.01. The zero-order valence-corrected chi connectivity index (χ0v) is 13.7. The van der Waals surface area contributed by atoms with Gasteiger partial charge in [0.2, 0.25) is 5.89 Å². The first-order valence-electron chi connectivity index (χ1n) is 7.09. The highest BCUT2D eigenvalue weighted by molar-refractivity contribution is 7.87. The number of piperazine rings is 1. The van der Waals surface area contributed by atoms with E-state index in [1.54, 1.807) is 6.92 Å². The molecule has 0 spiro atoms.